The van der Waals surface area contributed by atoms with E-state index in [4.69, 9.17) is 0 Å². The number of carbonyl (C=O) groups excluding carboxylic acids is 2. The first kappa shape index (κ1) is 25.2. The van der Waals surface area contributed by atoms with Gasteiger partial charge in [0.15, 0.2) is 11.5 Å². The Hall–Kier alpha value is -1.42. The summed E-state index contributed by atoms with van der Waals surface area (Å²) < 4.78 is 0. The van der Waals surface area contributed by atoms with Gasteiger partial charge in [0, 0.05) is 10.8 Å². The lowest BCUT2D eigenvalue weighted by Gasteiger charge is -2.70. The number of fused-ring (bicyclic) bond motifs is 7. The largest absolute Gasteiger partial charge is 0.505 e. The number of hydrogen-bond donors (Lipinski definition) is 2. The predicted octanol–water partition coefficient (Wildman–Crippen LogP) is 6.58. The summed E-state index contributed by atoms with van der Waals surface area (Å²) in [4.78, 5) is 26.2. The lowest BCUT2D eigenvalue weighted by atomic mass is 9.34. The van der Waals surface area contributed by atoms with E-state index in [1.165, 1.54) is 5.57 Å². The molecule has 0 aromatic heterocycles. The number of ketones is 2. The van der Waals surface area contributed by atoms with E-state index in [0.29, 0.717) is 5.92 Å². The Labute approximate surface area is 211 Å². The molecule has 2 N–H and O–H groups in total. The summed E-state index contributed by atoms with van der Waals surface area (Å²) in [5, 5.41) is 20.7. The molecule has 0 aliphatic heterocycles. The molecule has 7 atom stereocenters. The van der Waals surface area contributed by atoms with Gasteiger partial charge in [0.25, 0.3) is 0 Å². The summed E-state index contributed by atoms with van der Waals surface area (Å²) in [6, 6.07) is 0. The molecule has 0 unspecified atom stereocenters. The second-order valence-corrected chi connectivity index (χ2v) is 14.9. The molecule has 5 aliphatic carbocycles. The lowest BCUT2D eigenvalue weighted by molar-refractivity contribution is -0.168. The molecule has 4 heteroatoms. The number of carbonyl (C=O) groups is 2. The Bertz CT molecular complexity index is 1030. The molecule has 0 aromatic carbocycles. The van der Waals surface area contributed by atoms with Crippen LogP contribution in [0.3, 0.4) is 0 Å². The highest BCUT2D eigenvalue weighted by Gasteiger charge is 2.69. The Morgan fingerprint density at radius 2 is 1.63 bits per heavy atom. The van der Waals surface area contributed by atoms with Gasteiger partial charge in [-0.1, -0.05) is 60.1 Å². The Kier molecular flexibility index (Phi) is 5.29. The van der Waals surface area contributed by atoms with Gasteiger partial charge in [0.1, 0.15) is 6.61 Å². The van der Waals surface area contributed by atoms with Crippen molar-refractivity contribution in [3.63, 3.8) is 0 Å². The molecule has 0 heterocycles. The van der Waals surface area contributed by atoms with E-state index in [0.717, 1.165) is 51.4 Å². The van der Waals surface area contributed by atoms with Crippen LogP contribution in [0.15, 0.2) is 23.5 Å². The number of aliphatic hydroxyl groups excluding tert-OH is 2. The van der Waals surface area contributed by atoms with Crippen LogP contribution in [0.5, 0.6) is 0 Å². The van der Waals surface area contributed by atoms with Crippen LogP contribution in [0, 0.1) is 50.2 Å². The van der Waals surface area contributed by atoms with Crippen molar-refractivity contribution < 1.29 is 19.8 Å². The molecule has 0 amide bonds. The average Bonchev–Trinajstić information content (AvgIpc) is 2.77. The van der Waals surface area contributed by atoms with Crippen molar-refractivity contribution >= 4 is 11.6 Å². The monoisotopic (exact) mass is 482 g/mol. The fraction of sp³-hybridized carbons (Fsp3) is 0.806. The maximum Gasteiger partial charge on any atom is 0.202 e. The van der Waals surface area contributed by atoms with Crippen molar-refractivity contribution in [3.05, 3.63) is 23.5 Å². The van der Waals surface area contributed by atoms with E-state index in [-0.39, 0.29) is 57.4 Å². The van der Waals surface area contributed by atoms with E-state index in [1.54, 1.807) is 0 Å². The highest BCUT2D eigenvalue weighted by molar-refractivity contribution is 5.98. The number of rotatable bonds is 2. The first-order valence-electron chi connectivity index (χ1n) is 13.9. The van der Waals surface area contributed by atoms with Crippen LogP contribution < -0.4 is 0 Å². The van der Waals surface area contributed by atoms with Crippen LogP contribution in [0.1, 0.15) is 99.8 Å². The van der Waals surface area contributed by atoms with Gasteiger partial charge in [0.2, 0.25) is 5.78 Å². The third-order valence-corrected chi connectivity index (χ3v) is 12.6. The van der Waals surface area contributed by atoms with Crippen LogP contribution in [0.4, 0.5) is 0 Å². The van der Waals surface area contributed by atoms with Gasteiger partial charge >= 0.3 is 0 Å². The zero-order valence-corrected chi connectivity index (χ0v) is 23.0. The van der Waals surface area contributed by atoms with Crippen molar-refractivity contribution in [2.24, 2.45) is 50.2 Å². The molecule has 0 saturated heterocycles. The SMILES string of the molecule is CC1(C)CC[C@]2(C(=O)CO)CC[C@]3(C)C(=CC[C@@H]4[C@@]5(C)C=C(O)C(=O)C(C)(C)[C@@H]5CC[C@]43C)[C@@H]2C1. The number of hydrogen-bond acceptors (Lipinski definition) is 4. The molecule has 0 radical (unpaired) electrons. The molecular formula is C31H46O4. The zero-order valence-electron chi connectivity index (χ0n) is 23.0. The zero-order chi connectivity index (χ0) is 25.8. The third kappa shape index (κ3) is 3.01. The number of allylic oxidation sites excluding steroid dienone is 4. The smallest absolute Gasteiger partial charge is 0.202 e. The van der Waals surface area contributed by atoms with Gasteiger partial charge in [-0.05, 0) is 96.9 Å². The second kappa shape index (κ2) is 7.33. The molecular weight excluding hydrogens is 436 g/mol. The predicted molar refractivity (Wildman–Crippen MR) is 138 cm³/mol. The Morgan fingerprint density at radius 3 is 2.29 bits per heavy atom. The number of Topliss-reactive ketones (excluding diaryl/α,β-unsaturated/α-hetero) is 2. The minimum absolute atomic E-state index is 0.0194. The van der Waals surface area contributed by atoms with Crippen LogP contribution >= 0.6 is 0 Å². The molecule has 5 rings (SSSR count). The van der Waals surface area contributed by atoms with Crippen LogP contribution in [0.25, 0.3) is 0 Å². The van der Waals surface area contributed by atoms with Gasteiger partial charge in [-0.15, -0.1) is 0 Å². The fourth-order valence-corrected chi connectivity index (χ4v) is 10.4. The van der Waals surface area contributed by atoms with Crippen LogP contribution in [-0.4, -0.2) is 28.4 Å². The van der Waals surface area contributed by atoms with Gasteiger partial charge < -0.3 is 10.2 Å². The minimum Gasteiger partial charge on any atom is -0.505 e. The van der Waals surface area contributed by atoms with Gasteiger partial charge in [-0.2, -0.15) is 0 Å². The summed E-state index contributed by atoms with van der Waals surface area (Å²) in [5.74, 6) is 0.613. The van der Waals surface area contributed by atoms with Crippen LogP contribution in [0.2, 0.25) is 0 Å². The third-order valence-electron chi connectivity index (χ3n) is 12.6. The quantitative estimate of drug-likeness (QED) is 0.436. The van der Waals surface area contributed by atoms with Crippen molar-refractivity contribution in [1.29, 1.82) is 0 Å². The van der Waals surface area contributed by atoms with E-state index >= 15 is 0 Å². The minimum atomic E-state index is -0.567. The van der Waals surface area contributed by atoms with Crippen molar-refractivity contribution in [1.82, 2.24) is 0 Å². The molecule has 0 aromatic rings. The molecule has 3 fully saturated rings. The maximum atomic E-state index is 13.3. The number of aliphatic hydroxyl groups is 2. The highest BCUT2D eigenvalue weighted by Crippen LogP contribution is 2.75. The molecule has 35 heavy (non-hydrogen) atoms. The molecule has 194 valence electrons. The van der Waals surface area contributed by atoms with Gasteiger partial charge in [-0.3, -0.25) is 9.59 Å². The molecule has 0 spiro atoms. The first-order valence-corrected chi connectivity index (χ1v) is 13.9. The summed E-state index contributed by atoms with van der Waals surface area (Å²) in [6.07, 6.45) is 12.1. The van der Waals surface area contributed by atoms with E-state index in [2.05, 4.69) is 40.7 Å². The molecule has 3 saturated carbocycles. The average molecular weight is 483 g/mol. The van der Waals surface area contributed by atoms with E-state index in [9.17, 15) is 19.8 Å². The fourth-order valence-electron chi connectivity index (χ4n) is 10.4. The lowest BCUT2D eigenvalue weighted by Crippen LogP contribution is -2.64. The van der Waals surface area contributed by atoms with Crippen LogP contribution in [-0.2, 0) is 9.59 Å². The molecule has 4 nitrogen and oxygen atoms in total. The summed E-state index contributed by atoms with van der Waals surface area (Å²) in [7, 11) is 0. The maximum absolute atomic E-state index is 13.3. The van der Waals surface area contributed by atoms with Gasteiger partial charge in [0.05, 0.1) is 0 Å². The summed E-state index contributed by atoms with van der Waals surface area (Å²) >= 11 is 0. The molecule has 0 bridgehead atoms. The highest BCUT2D eigenvalue weighted by atomic mass is 16.3. The Morgan fingerprint density at radius 1 is 0.971 bits per heavy atom. The summed E-state index contributed by atoms with van der Waals surface area (Å²) in [6.45, 7) is 15.6. The molecule has 5 aliphatic rings. The van der Waals surface area contributed by atoms with E-state index in [1.807, 2.05) is 19.9 Å². The first-order chi connectivity index (χ1) is 16.1. The Balaban J connectivity index is 1.64. The van der Waals surface area contributed by atoms with Crippen molar-refractivity contribution in [3.8, 4) is 0 Å². The topological polar surface area (TPSA) is 74.6 Å². The standard InChI is InChI=1S/C31H46O4/c1-26(2)12-14-31(24(34)18-32)15-13-29(6)19(20(31)16-26)8-9-23-28(5)17-21(33)25(35)27(3,4)22(28)10-11-30(23,29)7/h8,17,20,22-23,32-33H,9-16,18H2,1-7H3/t20-,22-,23+,28-,29+,30+,31-/m0/s1. The normalized spacial score (nSPS) is 47.9. The van der Waals surface area contributed by atoms with Crippen molar-refractivity contribution in [2.45, 2.75) is 99.8 Å². The van der Waals surface area contributed by atoms with Gasteiger partial charge in [-0.25, -0.2) is 0 Å². The van der Waals surface area contributed by atoms with Crippen molar-refractivity contribution in [2.75, 3.05) is 6.61 Å². The van der Waals surface area contributed by atoms with E-state index < -0.39 is 10.8 Å². The summed E-state index contributed by atoms with van der Waals surface area (Å²) in [5.41, 5.74) is 0.410. The second-order valence-electron chi connectivity index (χ2n) is 14.9.